The molecule has 1 aliphatic rings. The van der Waals surface area contributed by atoms with Gasteiger partial charge in [0.1, 0.15) is 0 Å². The summed E-state index contributed by atoms with van der Waals surface area (Å²) in [6.45, 7) is 3.40. The van der Waals surface area contributed by atoms with Crippen LogP contribution in [0.1, 0.15) is 17.5 Å². The first-order valence-electron chi connectivity index (χ1n) is 8.48. The van der Waals surface area contributed by atoms with Gasteiger partial charge in [-0.1, -0.05) is 60.7 Å². The van der Waals surface area contributed by atoms with E-state index in [-0.39, 0.29) is 11.9 Å². The van der Waals surface area contributed by atoms with Crippen molar-refractivity contribution >= 4 is 5.91 Å². The molecule has 0 radical (unpaired) electrons. The van der Waals surface area contributed by atoms with Crippen LogP contribution in [0.15, 0.2) is 60.7 Å². The molecule has 0 bridgehead atoms. The molecule has 1 unspecified atom stereocenters. The molecule has 1 amide bonds. The number of carbonyl (C=O) groups is 1. The molecule has 1 atom stereocenters. The lowest BCUT2D eigenvalue weighted by atomic mass is 10.1. The second-order valence-electron chi connectivity index (χ2n) is 6.15. The molecule has 3 rings (SSSR count). The van der Waals surface area contributed by atoms with Crippen molar-refractivity contribution in [3.05, 3.63) is 71.8 Å². The van der Waals surface area contributed by atoms with Gasteiger partial charge in [-0.2, -0.15) is 0 Å². The lowest BCUT2D eigenvalue weighted by Crippen LogP contribution is -2.44. The van der Waals surface area contributed by atoms with Crippen molar-refractivity contribution in [1.82, 2.24) is 10.2 Å². The van der Waals surface area contributed by atoms with Crippen LogP contribution in [-0.2, 0) is 22.6 Å². The van der Waals surface area contributed by atoms with Gasteiger partial charge in [0.25, 0.3) is 0 Å². The Morgan fingerprint density at radius 2 is 1.58 bits per heavy atom. The highest BCUT2D eigenvalue weighted by Crippen LogP contribution is 2.13. The van der Waals surface area contributed by atoms with E-state index in [2.05, 4.69) is 29.6 Å². The predicted octanol–water partition coefficient (Wildman–Crippen LogP) is 2.59. The van der Waals surface area contributed by atoms with Crippen LogP contribution < -0.4 is 5.32 Å². The molecule has 0 aliphatic carbocycles. The van der Waals surface area contributed by atoms with Crippen LogP contribution in [0.25, 0.3) is 0 Å². The fraction of sp³-hybridized carbons (Fsp3) is 0.350. The highest BCUT2D eigenvalue weighted by Gasteiger charge is 2.21. The van der Waals surface area contributed by atoms with E-state index in [0.29, 0.717) is 26.1 Å². The highest BCUT2D eigenvalue weighted by molar-refractivity contribution is 5.77. The largest absolute Gasteiger partial charge is 0.378 e. The van der Waals surface area contributed by atoms with Gasteiger partial charge in [-0.15, -0.1) is 0 Å². The van der Waals surface area contributed by atoms with E-state index in [0.717, 1.165) is 24.3 Å². The zero-order valence-electron chi connectivity index (χ0n) is 13.9. The van der Waals surface area contributed by atoms with Crippen LogP contribution in [-0.4, -0.2) is 36.6 Å². The number of hydrogen-bond donors (Lipinski definition) is 1. The Hall–Kier alpha value is -2.17. The first-order chi connectivity index (χ1) is 11.8. The smallest absolute Gasteiger partial charge is 0.224 e. The molecule has 2 aromatic rings. The number of hydrogen-bond acceptors (Lipinski definition) is 3. The number of nitrogens with zero attached hydrogens (tertiary/aromatic N) is 1. The zero-order valence-corrected chi connectivity index (χ0v) is 13.9. The number of benzene rings is 2. The first kappa shape index (κ1) is 16.7. The summed E-state index contributed by atoms with van der Waals surface area (Å²) in [4.78, 5) is 14.8. The topological polar surface area (TPSA) is 41.6 Å². The van der Waals surface area contributed by atoms with Crippen molar-refractivity contribution in [2.45, 2.75) is 25.6 Å². The Bertz CT molecular complexity index is 583. The van der Waals surface area contributed by atoms with Crippen LogP contribution in [0.4, 0.5) is 0 Å². The Morgan fingerprint density at radius 3 is 2.08 bits per heavy atom. The Balaban J connectivity index is 1.69. The van der Waals surface area contributed by atoms with Crippen LogP contribution in [0.5, 0.6) is 0 Å². The third-order valence-corrected chi connectivity index (χ3v) is 4.20. The number of carbonyl (C=O) groups excluding carboxylic acids is 1. The molecule has 0 saturated carbocycles. The van der Waals surface area contributed by atoms with Gasteiger partial charge in [-0.25, -0.2) is 0 Å². The van der Waals surface area contributed by atoms with Gasteiger partial charge < -0.3 is 15.0 Å². The van der Waals surface area contributed by atoms with Gasteiger partial charge in [0.05, 0.1) is 13.2 Å². The number of ether oxygens (including phenoxy) is 1. The summed E-state index contributed by atoms with van der Waals surface area (Å²) in [5, 5.41) is 3.36. The summed E-state index contributed by atoms with van der Waals surface area (Å²) in [7, 11) is 0. The van der Waals surface area contributed by atoms with Crippen molar-refractivity contribution < 1.29 is 9.53 Å². The molecule has 126 valence electrons. The van der Waals surface area contributed by atoms with Crippen LogP contribution >= 0.6 is 0 Å². The molecule has 1 N–H and O–H groups in total. The normalized spacial score (nSPS) is 17.4. The van der Waals surface area contributed by atoms with Crippen molar-refractivity contribution in [3.63, 3.8) is 0 Å². The summed E-state index contributed by atoms with van der Waals surface area (Å²) < 4.78 is 5.47. The third-order valence-electron chi connectivity index (χ3n) is 4.20. The van der Waals surface area contributed by atoms with Gasteiger partial charge in [0, 0.05) is 32.1 Å². The summed E-state index contributed by atoms with van der Waals surface area (Å²) in [6.07, 6.45) is 0.472. The second-order valence-corrected chi connectivity index (χ2v) is 6.15. The van der Waals surface area contributed by atoms with E-state index >= 15 is 0 Å². The van der Waals surface area contributed by atoms with E-state index in [9.17, 15) is 4.79 Å². The lowest BCUT2D eigenvalue weighted by molar-refractivity contribution is -0.133. The SMILES string of the molecule is O=C(CC1COCCN1)N(Cc1ccccc1)Cc1ccccc1. The number of morpholine rings is 1. The minimum atomic E-state index is 0.111. The molecule has 1 heterocycles. The summed E-state index contributed by atoms with van der Waals surface area (Å²) in [5.74, 6) is 0.158. The average molecular weight is 324 g/mol. The van der Waals surface area contributed by atoms with Crippen LogP contribution in [0, 0.1) is 0 Å². The van der Waals surface area contributed by atoms with Crippen LogP contribution in [0.2, 0.25) is 0 Å². The second kappa shape index (κ2) is 8.62. The van der Waals surface area contributed by atoms with Crippen molar-refractivity contribution in [1.29, 1.82) is 0 Å². The molecule has 0 spiro atoms. The number of nitrogens with one attached hydrogen (secondary N) is 1. The van der Waals surface area contributed by atoms with E-state index in [4.69, 9.17) is 4.74 Å². The Labute approximate surface area is 143 Å². The lowest BCUT2D eigenvalue weighted by Gasteiger charge is -2.28. The molecule has 1 saturated heterocycles. The molecule has 0 aromatic heterocycles. The Kier molecular flexibility index (Phi) is 5.99. The minimum absolute atomic E-state index is 0.111. The van der Waals surface area contributed by atoms with Crippen molar-refractivity contribution in [2.24, 2.45) is 0 Å². The summed E-state index contributed by atoms with van der Waals surface area (Å²) in [5.41, 5.74) is 2.30. The van der Waals surface area contributed by atoms with E-state index < -0.39 is 0 Å². The maximum absolute atomic E-state index is 12.9. The van der Waals surface area contributed by atoms with Crippen molar-refractivity contribution in [3.8, 4) is 0 Å². The molecular weight excluding hydrogens is 300 g/mol. The molecule has 4 nitrogen and oxygen atoms in total. The van der Waals surface area contributed by atoms with Gasteiger partial charge in [-0.05, 0) is 11.1 Å². The van der Waals surface area contributed by atoms with E-state index in [1.54, 1.807) is 0 Å². The molecular formula is C20H24N2O2. The monoisotopic (exact) mass is 324 g/mol. The molecule has 1 fully saturated rings. The van der Waals surface area contributed by atoms with E-state index in [1.807, 2.05) is 41.3 Å². The predicted molar refractivity (Wildman–Crippen MR) is 94.4 cm³/mol. The molecule has 2 aromatic carbocycles. The fourth-order valence-corrected chi connectivity index (χ4v) is 2.93. The highest BCUT2D eigenvalue weighted by atomic mass is 16.5. The maximum Gasteiger partial charge on any atom is 0.224 e. The summed E-state index contributed by atoms with van der Waals surface area (Å²) >= 11 is 0. The summed E-state index contributed by atoms with van der Waals surface area (Å²) in [6, 6.07) is 20.4. The standard InChI is InChI=1S/C20H24N2O2/c23-20(13-19-16-24-12-11-21-19)22(14-17-7-3-1-4-8-17)15-18-9-5-2-6-10-18/h1-10,19,21H,11-16H2. The first-order valence-corrected chi connectivity index (χ1v) is 8.48. The maximum atomic E-state index is 12.9. The van der Waals surface area contributed by atoms with Gasteiger partial charge in [-0.3, -0.25) is 4.79 Å². The van der Waals surface area contributed by atoms with Gasteiger partial charge >= 0.3 is 0 Å². The quantitative estimate of drug-likeness (QED) is 0.888. The molecule has 24 heavy (non-hydrogen) atoms. The number of amides is 1. The Morgan fingerprint density at radius 1 is 1.00 bits per heavy atom. The number of rotatable bonds is 6. The van der Waals surface area contributed by atoms with Gasteiger partial charge in [0.15, 0.2) is 0 Å². The van der Waals surface area contributed by atoms with Crippen LogP contribution in [0.3, 0.4) is 0 Å². The van der Waals surface area contributed by atoms with Gasteiger partial charge in [0.2, 0.25) is 5.91 Å². The minimum Gasteiger partial charge on any atom is -0.378 e. The average Bonchev–Trinajstić information content (AvgIpc) is 2.64. The van der Waals surface area contributed by atoms with Crippen molar-refractivity contribution in [2.75, 3.05) is 19.8 Å². The van der Waals surface area contributed by atoms with E-state index in [1.165, 1.54) is 0 Å². The molecule has 4 heteroatoms. The third kappa shape index (κ3) is 4.91. The zero-order chi connectivity index (χ0) is 16.6. The fourth-order valence-electron chi connectivity index (χ4n) is 2.93. The molecule has 1 aliphatic heterocycles.